The van der Waals surface area contributed by atoms with E-state index in [9.17, 15) is 4.79 Å². The molecule has 0 radical (unpaired) electrons. The van der Waals surface area contributed by atoms with Crippen LogP contribution in [-0.2, 0) is 6.61 Å². The average molecular weight is 565 g/mol. The predicted octanol–water partition coefficient (Wildman–Crippen LogP) is 7.32. The Kier molecular flexibility index (Phi) is 9.08. The van der Waals surface area contributed by atoms with Crippen LogP contribution in [0.4, 0.5) is 0 Å². The number of rotatable bonds is 11. The number of hydrogen-bond acceptors (Lipinski definition) is 5. The highest BCUT2D eigenvalue weighted by atomic mass is 35.5. The first-order valence-corrected chi connectivity index (χ1v) is 13.7. The molecule has 0 bridgehead atoms. The summed E-state index contributed by atoms with van der Waals surface area (Å²) >= 11 is 5.97. The number of nitrogens with one attached hydrogen (secondary N) is 1. The fourth-order valence-electron chi connectivity index (χ4n) is 4.09. The number of hydrazone groups is 1. The molecule has 206 valence electrons. The van der Waals surface area contributed by atoms with Crippen molar-refractivity contribution in [1.82, 2.24) is 15.2 Å². The molecular weight excluding hydrogens is 536 g/mol. The van der Waals surface area contributed by atoms with Gasteiger partial charge < -0.3 is 9.47 Å². The van der Waals surface area contributed by atoms with Gasteiger partial charge in [-0.05, 0) is 72.6 Å². The van der Waals surface area contributed by atoms with Gasteiger partial charge in [0.2, 0.25) is 0 Å². The lowest BCUT2D eigenvalue weighted by atomic mass is 10.1. The maximum atomic E-state index is 13.1. The molecule has 0 saturated heterocycles. The molecule has 0 aliphatic rings. The number of carbonyl (C=O) groups excluding carboxylic acids is 1. The predicted molar refractivity (Wildman–Crippen MR) is 162 cm³/mol. The Morgan fingerprint density at radius 3 is 2.41 bits per heavy atom. The van der Waals surface area contributed by atoms with Gasteiger partial charge in [-0.3, -0.25) is 4.79 Å². The van der Waals surface area contributed by atoms with Gasteiger partial charge in [0, 0.05) is 22.3 Å². The third kappa shape index (κ3) is 7.21. The zero-order valence-electron chi connectivity index (χ0n) is 22.5. The van der Waals surface area contributed by atoms with Gasteiger partial charge in [-0.1, -0.05) is 61.0 Å². The number of aromatic nitrogens is 2. The van der Waals surface area contributed by atoms with E-state index < -0.39 is 0 Å². The second kappa shape index (κ2) is 13.5. The molecule has 0 fully saturated rings. The van der Waals surface area contributed by atoms with E-state index in [1.807, 2.05) is 79.0 Å². The largest absolute Gasteiger partial charge is 0.494 e. The zero-order chi connectivity index (χ0) is 28.4. The molecule has 1 heterocycles. The maximum absolute atomic E-state index is 13.1. The zero-order valence-corrected chi connectivity index (χ0v) is 23.3. The molecule has 7 nitrogen and oxygen atoms in total. The SMILES string of the molecule is CCCOc1ccc(-c2nn(-c3ccccc3)cc2/C=N\NC(=O)c2ccccc2OCc2ccc(Cl)cc2)cc1. The van der Waals surface area contributed by atoms with Gasteiger partial charge >= 0.3 is 0 Å². The minimum Gasteiger partial charge on any atom is -0.494 e. The molecule has 0 aliphatic carbocycles. The quantitative estimate of drug-likeness (QED) is 0.135. The second-order valence-corrected chi connectivity index (χ2v) is 9.63. The van der Waals surface area contributed by atoms with E-state index in [0.717, 1.165) is 40.2 Å². The fourth-order valence-corrected chi connectivity index (χ4v) is 4.22. The Bertz CT molecular complexity index is 1620. The summed E-state index contributed by atoms with van der Waals surface area (Å²) in [6.07, 6.45) is 4.41. The van der Waals surface area contributed by atoms with Crippen molar-refractivity contribution in [1.29, 1.82) is 0 Å². The fraction of sp³-hybridized carbons (Fsp3) is 0.121. The number of halogens is 1. The standard InChI is InChI=1S/C33H29ClN4O3/c1-2-20-40-29-18-14-25(15-19-29)32-26(22-38(37-32)28-8-4-3-5-9-28)21-35-36-33(39)30-10-6-7-11-31(30)41-23-24-12-16-27(34)17-13-24/h3-19,21-22H,2,20,23H2,1H3,(H,36,39)/b35-21-. The number of amides is 1. The van der Waals surface area contributed by atoms with Crippen molar-refractivity contribution >= 4 is 23.7 Å². The van der Waals surface area contributed by atoms with Crippen molar-refractivity contribution in [2.75, 3.05) is 6.61 Å². The van der Waals surface area contributed by atoms with Crippen LogP contribution in [0.1, 0.15) is 34.8 Å². The minimum atomic E-state index is -0.387. The highest BCUT2D eigenvalue weighted by Gasteiger charge is 2.14. The molecule has 41 heavy (non-hydrogen) atoms. The first-order valence-electron chi connectivity index (χ1n) is 13.3. The van der Waals surface area contributed by atoms with Crippen molar-refractivity contribution < 1.29 is 14.3 Å². The summed E-state index contributed by atoms with van der Waals surface area (Å²) in [5.74, 6) is 0.873. The van der Waals surface area contributed by atoms with Gasteiger partial charge in [0.05, 0.1) is 24.1 Å². The first-order chi connectivity index (χ1) is 20.1. The third-order valence-corrected chi connectivity index (χ3v) is 6.42. The molecule has 1 N–H and O–H groups in total. The van der Waals surface area contributed by atoms with Crippen molar-refractivity contribution in [3.8, 4) is 28.4 Å². The van der Waals surface area contributed by atoms with Gasteiger partial charge in [-0.15, -0.1) is 0 Å². The van der Waals surface area contributed by atoms with Crippen LogP contribution >= 0.6 is 11.6 Å². The average Bonchev–Trinajstić information content (AvgIpc) is 3.44. The summed E-state index contributed by atoms with van der Waals surface area (Å²) < 4.78 is 13.5. The third-order valence-electron chi connectivity index (χ3n) is 6.17. The van der Waals surface area contributed by atoms with Crippen molar-refractivity contribution in [2.24, 2.45) is 5.10 Å². The van der Waals surface area contributed by atoms with Crippen molar-refractivity contribution in [3.63, 3.8) is 0 Å². The van der Waals surface area contributed by atoms with E-state index in [1.54, 1.807) is 41.2 Å². The van der Waals surface area contributed by atoms with Crippen LogP contribution in [0, 0.1) is 0 Å². The highest BCUT2D eigenvalue weighted by Crippen LogP contribution is 2.25. The van der Waals surface area contributed by atoms with E-state index >= 15 is 0 Å². The lowest BCUT2D eigenvalue weighted by Crippen LogP contribution is -2.18. The summed E-state index contributed by atoms with van der Waals surface area (Å²) in [6, 6.07) is 32.0. The van der Waals surface area contributed by atoms with Crippen LogP contribution < -0.4 is 14.9 Å². The Morgan fingerprint density at radius 2 is 1.66 bits per heavy atom. The summed E-state index contributed by atoms with van der Waals surface area (Å²) in [5, 5.41) is 9.73. The Morgan fingerprint density at radius 1 is 0.927 bits per heavy atom. The van der Waals surface area contributed by atoms with Crippen LogP contribution in [0.3, 0.4) is 0 Å². The van der Waals surface area contributed by atoms with Crippen LogP contribution in [0.15, 0.2) is 114 Å². The Balaban J connectivity index is 1.34. The minimum absolute atomic E-state index is 0.301. The van der Waals surface area contributed by atoms with Crippen LogP contribution in [0.25, 0.3) is 16.9 Å². The summed E-state index contributed by atoms with van der Waals surface area (Å²) in [7, 11) is 0. The molecular formula is C33H29ClN4O3. The first kappa shape index (κ1) is 27.7. The molecule has 0 spiro atoms. The number of hydrogen-bond donors (Lipinski definition) is 1. The lowest BCUT2D eigenvalue weighted by Gasteiger charge is -2.10. The summed E-state index contributed by atoms with van der Waals surface area (Å²) in [5.41, 5.74) is 7.22. The van der Waals surface area contributed by atoms with Gasteiger partial charge in [0.1, 0.15) is 23.8 Å². The lowest BCUT2D eigenvalue weighted by molar-refractivity contribution is 0.0950. The topological polar surface area (TPSA) is 77.7 Å². The monoisotopic (exact) mass is 564 g/mol. The maximum Gasteiger partial charge on any atom is 0.275 e. The van der Waals surface area contributed by atoms with E-state index in [4.69, 9.17) is 26.2 Å². The number of nitrogens with zero attached hydrogens (tertiary/aromatic N) is 3. The van der Waals surface area contributed by atoms with Crippen LogP contribution in [-0.4, -0.2) is 28.5 Å². The van der Waals surface area contributed by atoms with E-state index in [1.165, 1.54) is 0 Å². The molecule has 1 amide bonds. The number of para-hydroxylation sites is 2. The van der Waals surface area contributed by atoms with Crippen LogP contribution in [0.5, 0.6) is 11.5 Å². The van der Waals surface area contributed by atoms with Gasteiger partial charge in [0.15, 0.2) is 0 Å². The summed E-state index contributed by atoms with van der Waals surface area (Å²) in [6.45, 7) is 3.03. The number of carbonyl (C=O) groups is 1. The molecule has 0 saturated carbocycles. The second-order valence-electron chi connectivity index (χ2n) is 9.20. The normalized spacial score (nSPS) is 11.0. The molecule has 0 aliphatic heterocycles. The van der Waals surface area contributed by atoms with Crippen LogP contribution in [0.2, 0.25) is 5.02 Å². The molecule has 0 atom stereocenters. The molecule has 1 aromatic heterocycles. The number of benzene rings is 4. The molecule has 5 aromatic rings. The number of ether oxygens (including phenoxy) is 2. The van der Waals surface area contributed by atoms with E-state index in [0.29, 0.717) is 29.5 Å². The summed E-state index contributed by atoms with van der Waals surface area (Å²) in [4.78, 5) is 13.1. The van der Waals surface area contributed by atoms with E-state index in [2.05, 4.69) is 17.5 Å². The van der Waals surface area contributed by atoms with Gasteiger partial charge in [-0.25, -0.2) is 10.1 Å². The Hall–Kier alpha value is -4.88. The molecule has 5 rings (SSSR count). The smallest absolute Gasteiger partial charge is 0.275 e. The highest BCUT2D eigenvalue weighted by molar-refractivity contribution is 6.30. The van der Waals surface area contributed by atoms with Gasteiger partial charge in [0.25, 0.3) is 5.91 Å². The van der Waals surface area contributed by atoms with Gasteiger partial charge in [-0.2, -0.15) is 10.2 Å². The molecule has 8 heteroatoms. The van der Waals surface area contributed by atoms with Crippen molar-refractivity contribution in [2.45, 2.75) is 20.0 Å². The Labute approximate surface area is 244 Å². The molecule has 0 unspecified atom stereocenters. The molecule has 4 aromatic carbocycles. The van der Waals surface area contributed by atoms with Crippen molar-refractivity contribution in [3.05, 3.63) is 131 Å². The van der Waals surface area contributed by atoms with E-state index in [-0.39, 0.29) is 5.91 Å².